The van der Waals surface area contributed by atoms with E-state index >= 15 is 4.39 Å². The zero-order valence-corrected chi connectivity index (χ0v) is 22.5. The molecule has 2 fully saturated rings. The number of hydrogen-bond donors (Lipinski definition) is 0. The summed E-state index contributed by atoms with van der Waals surface area (Å²) in [6.07, 6.45) is 12.9. The van der Waals surface area contributed by atoms with Crippen LogP contribution in [0.1, 0.15) is 114 Å². The van der Waals surface area contributed by atoms with Crippen LogP contribution in [0.4, 0.5) is 13.2 Å². The minimum Gasteiger partial charge on any atom is -0.491 e. The molecule has 0 radical (unpaired) electrons. The maximum Gasteiger partial charge on any atom is 0.200 e. The van der Waals surface area contributed by atoms with Gasteiger partial charge in [0.05, 0.1) is 13.2 Å². The van der Waals surface area contributed by atoms with Crippen molar-refractivity contribution in [3.05, 3.63) is 58.9 Å². The fourth-order valence-corrected chi connectivity index (χ4v) is 6.33. The Labute approximate surface area is 220 Å². The van der Waals surface area contributed by atoms with Crippen LogP contribution in [0.2, 0.25) is 0 Å². The molecule has 5 heteroatoms. The Kier molecular flexibility index (Phi) is 10.2. The van der Waals surface area contributed by atoms with Crippen LogP contribution in [0, 0.1) is 29.3 Å². The Balaban J connectivity index is 1.25. The van der Waals surface area contributed by atoms with Crippen LogP contribution in [0.25, 0.3) is 0 Å². The molecule has 0 aromatic heterocycles. The summed E-state index contributed by atoms with van der Waals surface area (Å²) in [5.41, 5.74) is 1.51. The minimum atomic E-state index is -0.846. The smallest absolute Gasteiger partial charge is 0.200 e. The summed E-state index contributed by atoms with van der Waals surface area (Å²) in [6, 6.07) is 8.62. The van der Waals surface area contributed by atoms with Crippen molar-refractivity contribution in [1.82, 2.24) is 0 Å². The van der Waals surface area contributed by atoms with Crippen molar-refractivity contribution in [3.63, 3.8) is 0 Å². The summed E-state index contributed by atoms with van der Waals surface area (Å²) in [4.78, 5) is 0. The third-order valence-corrected chi connectivity index (χ3v) is 8.63. The number of unbranched alkanes of at least 4 members (excludes halogenated alkanes) is 2. The molecule has 0 unspecified atom stereocenters. The van der Waals surface area contributed by atoms with Gasteiger partial charge in [0, 0.05) is 0 Å². The molecule has 0 N–H and O–H groups in total. The third kappa shape index (κ3) is 7.23. The average molecular weight is 517 g/mol. The predicted molar refractivity (Wildman–Crippen MR) is 143 cm³/mol. The maximum atomic E-state index is 15.0. The average Bonchev–Trinajstić information content (AvgIpc) is 2.92. The van der Waals surface area contributed by atoms with Crippen molar-refractivity contribution in [2.75, 3.05) is 13.2 Å². The first-order valence-electron chi connectivity index (χ1n) is 14.5. The maximum absolute atomic E-state index is 15.0. The first-order chi connectivity index (χ1) is 18.0. The Hall–Kier alpha value is -2.17. The molecule has 204 valence electrons. The second-order valence-electron chi connectivity index (χ2n) is 11.1. The van der Waals surface area contributed by atoms with E-state index in [1.807, 2.05) is 13.0 Å². The fraction of sp³-hybridized carbons (Fsp3) is 0.625. The number of ether oxygens (including phenoxy) is 2. The van der Waals surface area contributed by atoms with Crippen LogP contribution in [0.3, 0.4) is 0 Å². The van der Waals surface area contributed by atoms with Crippen LogP contribution in [0.5, 0.6) is 11.5 Å². The van der Waals surface area contributed by atoms with Crippen LogP contribution in [0.15, 0.2) is 30.3 Å². The summed E-state index contributed by atoms with van der Waals surface area (Å²) in [5, 5.41) is 0. The first kappa shape index (κ1) is 27.9. The summed E-state index contributed by atoms with van der Waals surface area (Å²) in [5.74, 6) is -0.143. The lowest BCUT2D eigenvalue weighted by Crippen LogP contribution is -2.20. The van der Waals surface area contributed by atoms with E-state index in [0.717, 1.165) is 62.8 Å². The molecule has 2 aliphatic rings. The van der Waals surface area contributed by atoms with Crippen LogP contribution in [-0.4, -0.2) is 13.2 Å². The van der Waals surface area contributed by atoms with E-state index in [-0.39, 0.29) is 23.4 Å². The van der Waals surface area contributed by atoms with Gasteiger partial charge in [-0.2, -0.15) is 4.39 Å². The lowest BCUT2D eigenvalue weighted by molar-refractivity contribution is 0.192. The van der Waals surface area contributed by atoms with Crippen molar-refractivity contribution in [1.29, 1.82) is 0 Å². The number of hydrogen-bond acceptors (Lipinski definition) is 2. The molecule has 2 aromatic carbocycles. The van der Waals surface area contributed by atoms with Gasteiger partial charge in [0.15, 0.2) is 23.1 Å². The molecule has 4 rings (SSSR count). The largest absolute Gasteiger partial charge is 0.491 e. The molecular formula is C32H43F3O2. The van der Waals surface area contributed by atoms with Gasteiger partial charge < -0.3 is 9.47 Å². The molecule has 0 bridgehead atoms. The van der Waals surface area contributed by atoms with Gasteiger partial charge in [-0.05, 0) is 111 Å². The van der Waals surface area contributed by atoms with Crippen LogP contribution in [-0.2, 0) is 0 Å². The highest BCUT2D eigenvalue weighted by Gasteiger charge is 2.28. The molecule has 2 nitrogen and oxygen atoms in total. The van der Waals surface area contributed by atoms with E-state index in [4.69, 9.17) is 9.47 Å². The highest BCUT2D eigenvalue weighted by atomic mass is 19.2. The van der Waals surface area contributed by atoms with Gasteiger partial charge in [-0.1, -0.05) is 44.7 Å². The molecule has 0 amide bonds. The number of benzene rings is 2. The minimum absolute atomic E-state index is 0.0187. The highest BCUT2D eigenvalue weighted by Crippen LogP contribution is 2.41. The Morgan fingerprint density at radius 1 is 0.703 bits per heavy atom. The van der Waals surface area contributed by atoms with E-state index in [9.17, 15) is 8.78 Å². The molecule has 0 heterocycles. The summed E-state index contributed by atoms with van der Waals surface area (Å²) >= 11 is 0. The van der Waals surface area contributed by atoms with Gasteiger partial charge in [0.25, 0.3) is 0 Å². The highest BCUT2D eigenvalue weighted by molar-refractivity contribution is 5.34. The molecule has 0 atom stereocenters. The monoisotopic (exact) mass is 516 g/mol. The molecule has 0 saturated heterocycles. The topological polar surface area (TPSA) is 18.5 Å². The van der Waals surface area contributed by atoms with E-state index in [2.05, 4.69) is 6.92 Å². The van der Waals surface area contributed by atoms with Crippen molar-refractivity contribution >= 4 is 0 Å². The van der Waals surface area contributed by atoms with Gasteiger partial charge in [0.1, 0.15) is 0 Å². The zero-order chi connectivity index (χ0) is 26.2. The van der Waals surface area contributed by atoms with Gasteiger partial charge in [-0.3, -0.25) is 0 Å². The molecule has 2 saturated carbocycles. The Bertz CT molecular complexity index is 992. The van der Waals surface area contributed by atoms with Crippen molar-refractivity contribution in [2.24, 2.45) is 11.8 Å². The quantitative estimate of drug-likeness (QED) is 0.277. The Morgan fingerprint density at radius 2 is 1.38 bits per heavy atom. The van der Waals surface area contributed by atoms with E-state index < -0.39 is 11.6 Å². The first-order valence-corrected chi connectivity index (χ1v) is 14.5. The fourth-order valence-electron chi connectivity index (χ4n) is 6.33. The molecular weight excluding hydrogens is 473 g/mol. The zero-order valence-electron chi connectivity index (χ0n) is 22.5. The van der Waals surface area contributed by atoms with Gasteiger partial charge in [-0.15, -0.1) is 0 Å². The van der Waals surface area contributed by atoms with Gasteiger partial charge in [0.2, 0.25) is 5.82 Å². The second kappa shape index (κ2) is 13.6. The molecule has 2 aromatic rings. The lowest BCUT2D eigenvalue weighted by Gasteiger charge is -2.30. The lowest BCUT2D eigenvalue weighted by atomic mass is 9.77. The van der Waals surface area contributed by atoms with Crippen LogP contribution >= 0.6 is 0 Å². The standard InChI is InChI=1S/C32H43F3O2/c1-3-5-6-7-22-8-14-25(15-9-22)27-17-19-30(32(35)31(27)34)37-21-23-10-12-24(13-11-23)26-16-18-29(36-4-2)28(33)20-26/h16-20,22-25H,3-15,21H2,1-2H3. The van der Waals surface area contributed by atoms with Crippen molar-refractivity contribution in [2.45, 2.75) is 103 Å². The van der Waals surface area contributed by atoms with E-state index in [1.165, 1.54) is 25.7 Å². The van der Waals surface area contributed by atoms with Crippen molar-refractivity contribution in [3.8, 4) is 11.5 Å². The summed E-state index contributed by atoms with van der Waals surface area (Å²) in [7, 11) is 0. The molecule has 0 spiro atoms. The van der Waals surface area contributed by atoms with Crippen molar-refractivity contribution < 1.29 is 22.6 Å². The van der Waals surface area contributed by atoms with E-state index in [0.29, 0.717) is 30.4 Å². The number of rotatable bonds is 11. The number of halogens is 3. The normalized spacial score (nSPS) is 24.1. The summed E-state index contributed by atoms with van der Waals surface area (Å²) < 4.78 is 55.3. The van der Waals surface area contributed by atoms with Gasteiger partial charge in [-0.25, -0.2) is 8.78 Å². The third-order valence-electron chi connectivity index (χ3n) is 8.63. The molecule has 2 aliphatic carbocycles. The summed E-state index contributed by atoms with van der Waals surface area (Å²) in [6.45, 7) is 4.88. The van der Waals surface area contributed by atoms with Crippen LogP contribution < -0.4 is 9.47 Å². The Morgan fingerprint density at radius 3 is 2.05 bits per heavy atom. The van der Waals surface area contributed by atoms with Gasteiger partial charge >= 0.3 is 0 Å². The SMILES string of the molecule is CCCCCC1CCC(c2ccc(OCC3CCC(c4ccc(OCC)c(F)c4)CC3)c(F)c2F)CC1. The predicted octanol–water partition coefficient (Wildman–Crippen LogP) is 9.71. The second-order valence-corrected chi connectivity index (χ2v) is 11.1. The molecule has 37 heavy (non-hydrogen) atoms. The molecule has 0 aliphatic heterocycles. The van der Waals surface area contributed by atoms with E-state index in [1.54, 1.807) is 24.3 Å².